The van der Waals surface area contributed by atoms with Crippen LogP contribution in [0.25, 0.3) is 0 Å². The lowest BCUT2D eigenvalue weighted by Crippen LogP contribution is -2.50. The molecule has 1 aliphatic heterocycles. The number of hydrogen-bond acceptors (Lipinski definition) is 3. The Morgan fingerprint density at radius 3 is 2.94 bits per heavy atom. The predicted molar refractivity (Wildman–Crippen MR) is 69.8 cm³/mol. The van der Waals surface area contributed by atoms with Gasteiger partial charge in [0.1, 0.15) is 5.82 Å². The van der Waals surface area contributed by atoms with E-state index < -0.39 is 0 Å². The van der Waals surface area contributed by atoms with Gasteiger partial charge in [-0.1, -0.05) is 12.1 Å². The standard InChI is InChI=1S/C14H21FN2O/c1-14(2)10-17(6-7-18-14)9-13(16)11-4-3-5-12(15)8-11/h3-5,8,13H,6-7,9-10,16H2,1-2H3. The van der Waals surface area contributed by atoms with Crippen molar-refractivity contribution in [2.45, 2.75) is 25.5 Å². The highest BCUT2D eigenvalue weighted by Gasteiger charge is 2.28. The number of morpholine rings is 1. The molecule has 0 amide bonds. The Balaban J connectivity index is 1.97. The van der Waals surface area contributed by atoms with Crippen LogP contribution in [0, 0.1) is 5.82 Å². The highest BCUT2D eigenvalue weighted by atomic mass is 19.1. The van der Waals surface area contributed by atoms with E-state index >= 15 is 0 Å². The molecule has 3 nitrogen and oxygen atoms in total. The van der Waals surface area contributed by atoms with Gasteiger partial charge in [0.25, 0.3) is 0 Å². The maximum atomic E-state index is 13.1. The van der Waals surface area contributed by atoms with E-state index in [0.717, 1.165) is 31.8 Å². The van der Waals surface area contributed by atoms with Crippen LogP contribution in [-0.2, 0) is 4.74 Å². The van der Waals surface area contributed by atoms with Crippen molar-refractivity contribution in [1.29, 1.82) is 0 Å². The van der Waals surface area contributed by atoms with Crippen molar-refractivity contribution in [1.82, 2.24) is 4.90 Å². The van der Waals surface area contributed by atoms with Gasteiger partial charge in [0.05, 0.1) is 12.2 Å². The van der Waals surface area contributed by atoms with Gasteiger partial charge in [-0.2, -0.15) is 0 Å². The third kappa shape index (κ3) is 3.51. The maximum absolute atomic E-state index is 13.1. The molecule has 1 aromatic carbocycles. The van der Waals surface area contributed by atoms with Crippen molar-refractivity contribution >= 4 is 0 Å². The van der Waals surface area contributed by atoms with Gasteiger partial charge < -0.3 is 10.5 Å². The van der Waals surface area contributed by atoms with Crippen LogP contribution in [0.3, 0.4) is 0 Å². The first-order valence-electron chi connectivity index (χ1n) is 6.34. The van der Waals surface area contributed by atoms with Crippen molar-refractivity contribution in [3.05, 3.63) is 35.6 Å². The first kappa shape index (κ1) is 13.5. The van der Waals surface area contributed by atoms with Gasteiger partial charge >= 0.3 is 0 Å². The molecule has 1 aromatic rings. The van der Waals surface area contributed by atoms with Crippen LogP contribution in [0.2, 0.25) is 0 Å². The van der Waals surface area contributed by atoms with Crippen LogP contribution in [0.1, 0.15) is 25.5 Å². The molecule has 0 bridgehead atoms. The van der Waals surface area contributed by atoms with Crippen molar-refractivity contribution < 1.29 is 9.13 Å². The lowest BCUT2D eigenvalue weighted by Gasteiger charge is -2.39. The van der Waals surface area contributed by atoms with Crippen LogP contribution in [0.5, 0.6) is 0 Å². The van der Waals surface area contributed by atoms with Gasteiger partial charge in [-0.15, -0.1) is 0 Å². The molecule has 18 heavy (non-hydrogen) atoms. The average molecular weight is 252 g/mol. The van der Waals surface area contributed by atoms with Crippen LogP contribution < -0.4 is 5.73 Å². The third-order valence-electron chi connectivity index (χ3n) is 3.24. The number of halogens is 1. The molecule has 2 N–H and O–H groups in total. The Morgan fingerprint density at radius 2 is 2.28 bits per heavy atom. The van der Waals surface area contributed by atoms with Gasteiger partial charge in [-0.05, 0) is 31.5 Å². The summed E-state index contributed by atoms with van der Waals surface area (Å²) in [6.45, 7) is 7.35. The zero-order valence-electron chi connectivity index (χ0n) is 11.0. The maximum Gasteiger partial charge on any atom is 0.123 e. The highest BCUT2D eigenvalue weighted by Crippen LogP contribution is 2.19. The fourth-order valence-electron chi connectivity index (χ4n) is 2.39. The third-order valence-corrected chi connectivity index (χ3v) is 3.24. The van der Waals surface area contributed by atoms with Crippen molar-refractivity contribution in [2.24, 2.45) is 5.73 Å². The fraction of sp³-hybridized carbons (Fsp3) is 0.571. The zero-order chi connectivity index (χ0) is 13.2. The summed E-state index contributed by atoms with van der Waals surface area (Å²) >= 11 is 0. The van der Waals surface area contributed by atoms with E-state index in [-0.39, 0.29) is 17.5 Å². The summed E-state index contributed by atoms with van der Waals surface area (Å²) < 4.78 is 18.8. The Kier molecular flexibility index (Phi) is 4.00. The molecule has 1 fully saturated rings. The van der Waals surface area contributed by atoms with Gasteiger partial charge in [0.15, 0.2) is 0 Å². The molecule has 1 atom stereocenters. The van der Waals surface area contributed by atoms with Crippen LogP contribution in [0.15, 0.2) is 24.3 Å². The summed E-state index contributed by atoms with van der Waals surface area (Å²) in [5.74, 6) is -0.231. The van der Waals surface area contributed by atoms with Crippen molar-refractivity contribution in [2.75, 3.05) is 26.2 Å². The lowest BCUT2D eigenvalue weighted by molar-refractivity contribution is -0.0870. The van der Waals surface area contributed by atoms with Crippen molar-refractivity contribution in [3.63, 3.8) is 0 Å². The summed E-state index contributed by atoms with van der Waals surface area (Å²) in [5.41, 5.74) is 6.86. The summed E-state index contributed by atoms with van der Waals surface area (Å²) in [6, 6.07) is 6.37. The molecule has 0 aromatic heterocycles. The second-order valence-corrected chi connectivity index (χ2v) is 5.50. The molecular weight excluding hydrogens is 231 g/mol. The normalized spacial score (nSPS) is 21.8. The molecule has 1 unspecified atom stereocenters. The van der Waals surface area contributed by atoms with E-state index in [1.165, 1.54) is 12.1 Å². The molecule has 0 saturated carbocycles. The number of nitrogens with two attached hydrogens (primary N) is 1. The van der Waals surface area contributed by atoms with Crippen LogP contribution in [0.4, 0.5) is 4.39 Å². The molecular formula is C14H21FN2O. The minimum Gasteiger partial charge on any atom is -0.373 e. The summed E-state index contributed by atoms with van der Waals surface area (Å²) in [6.07, 6.45) is 0. The number of benzene rings is 1. The molecule has 100 valence electrons. The molecule has 1 aliphatic rings. The Hall–Kier alpha value is -0.970. The molecule has 0 spiro atoms. The first-order valence-corrected chi connectivity index (χ1v) is 6.34. The van der Waals surface area contributed by atoms with E-state index in [0.29, 0.717) is 0 Å². The smallest absolute Gasteiger partial charge is 0.123 e. The zero-order valence-corrected chi connectivity index (χ0v) is 11.0. The minimum absolute atomic E-state index is 0.125. The number of ether oxygens (including phenoxy) is 1. The van der Waals surface area contributed by atoms with E-state index in [4.69, 9.17) is 10.5 Å². The van der Waals surface area contributed by atoms with E-state index in [9.17, 15) is 4.39 Å². The highest BCUT2D eigenvalue weighted by molar-refractivity contribution is 5.20. The monoisotopic (exact) mass is 252 g/mol. The quantitative estimate of drug-likeness (QED) is 0.893. The second-order valence-electron chi connectivity index (χ2n) is 5.50. The molecule has 0 radical (unpaired) electrons. The van der Waals surface area contributed by atoms with Gasteiger partial charge in [0, 0.05) is 25.7 Å². The number of hydrogen-bond donors (Lipinski definition) is 1. The Labute approximate surface area is 108 Å². The average Bonchev–Trinajstić information content (AvgIpc) is 2.27. The fourth-order valence-corrected chi connectivity index (χ4v) is 2.39. The van der Waals surface area contributed by atoms with Gasteiger partial charge in [0.2, 0.25) is 0 Å². The van der Waals surface area contributed by atoms with E-state index in [2.05, 4.69) is 18.7 Å². The Bertz CT molecular complexity index is 409. The van der Waals surface area contributed by atoms with E-state index in [1.54, 1.807) is 6.07 Å². The Morgan fingerprint density at radius 1 is 1.50 bits per heavy atom. The van der Waals surface area contributed by atoms with Crippen molar-refractivity contribution in [3.8, 4) is 0 Å². The molecule has 0 aliphatic carbocycles. The first-order chi connectivity index (χ1) is 8.46. The SMILES string of the molecule is CC1(C)CN(CC(N)c2cccc(F)c2)CCO1. The molecule has 2 rings (SSSR count). The molecule has 1 heterocycles. The topological polar surface area (TPSA) is 38.5 Å². The number of nitrogens with zero attached hydrogens (tertiary/aromatic N) is 1. The largest absolute Gasteiger partial charge is 0.373 e. The lowest BCUT2D eigenvalue weighted by atomic mass is 10.0. The minimum atomic E-state index is -0.231. The summed E-state index contributed by atoms with van der Waals surface area (Å²) in [7, 11) is 0. The van der Waals surface area contributed by atoms with Crippen LogP contribution in [-0.4, -0.2) is 36.7 Å². The summed E-state index contributed by atoms with van der Waals surface area (Å²) in [5, 5.41) is 0. The van der Waals surface area contributed by atoms with Gasteiger partial charge in [-0.3, -0.25) is 4.90 Å². The molecule has 4 heteroatoms. The second kappa shape index (κ2) is 5.34. The van der Waals surface area contributed by atoms with E-state index in [1.807, 2.05) is 6.07 Å². The summed E-state index contributed by atoms with van der Waals surface area (Å²) in [4.78, 5) is 2.28. The van der Waals surface area contributed by atoms with Gasteiger partial charge in [-0.25, -0.2) is 4.39 Å². The molecule has 1 saturated heterocycles. The number of rotatable bonds is 3. The predicted octanol–water partition coefficient (Wildman–Crippen LogP) is 1.94. The van der Waals surface area contributed by atoms with Crippen LogP contribution >= 0.6 is 0 Å².